The quantitative estimate of drug-likeness (QED) is 0.679. The van der Waals surface area contributed by atoms with Gasteiger partial charge in [-0.2, -0.15) is 0 Å². The van der Waals surface area contributed by atoms with Gasteiger partial charge in [0.1, 0.15) is 0 Å². The summed E-state index contributed by atoms with van der Waals surface area (Å²) in [6.07, 6.45) is 4.74. The molecule has 0 heterocycles. The van der Waals surface area contributed by atoms with Gasteiger partial charge in [0.15, 0.2) is 0 Å². The molecule has 0 aliphatic carbocycles. The topological polar surface area (TPSA) is 29.1 Å². The van der Waals surface area contributed by atoms with Crippen molar-refractivity contribution in [1.82, 2.24) is 5.32 Å². The highest BCUT2D eigenvalue weighted by Crippen LogP contribution is 2.25. The highest BCUT2D eigenvalue weighted by molar-refractivity contribution is 5.87. The van der Waals surface area contributed by atoms with Crippen molar-refractivity contribution in [3.63, 3.8) is 0 Å². The van der Waals surface area contributed by atoms with Crippen LogP contribution >= 0.6 is 0 Å². The molecule has 128 valence electrons. The lowest BCUT2D eigenvalue weighted by Gasteiger charge is -2.20. The first kappa shape index (κ1) is 18.3. The number of nitrogens with one attached hydrogen (secondary N) is 1. The van der Waals surface area contributed by atoms with E-state index in [0.717, 1.165) is 24.1 Å². The zero-order valence-corrected chi connectivity index (χ0v) is 14.9. The number of hydrogen-bond donors (Lipinski definition) is 1. The molecule has 0 saturated heterocycles. The van der Waals surface area contributed by atoms with E-state index in [1.165, 1.54) is 19.3 Å². The van der Waals surface area contributed by atoms with Crippen molar-refractivity contribution in [2.24, 2.45) is 5.92 Å². The van der Waals surface area contributed by atoms with E-state index < -0.39 is 0 Å². The first-order valence-corrected chi connectivity index (χ1v) is 9.13. The second-order valence-corrected chi connectivity index (χ2v) is 6.42. The van der Waals surface area contributed by atoms with E-state index in [9.17, 15) is 4.79 Å². The number of benzene rings is 2. The highest BCUT2D eigenvalue weighted by atomic mass is 16.1. The molecule has 2 heteroatoms. The smallest absolute Gasteiger partial charge is 0.232 e. The van der Waals surface area contributed by atoms with Gasteiger partial charge in [0, 0.05) is 6.54 Å². The normalized spacial score (nSPS) is 12.1. The van der Waals surface area contributed by atoms with Crippen LogP contribution in [-0.4, -0.2) is 12.5 Å². The molecular weight excluding hydrogens is 294 g/mol. The maximum absolute atomic E-state index is 12.9. The van der Waals surface area contributed by atoms with Gasteiger partial charge in [-0.05, 0) is 23.5 Å². The summed E-state index contributed by atoms with van der Waals surface area (Å²) in [6, 6.07) is 20.1. The van der Waals surface area contributed by atoms with E-state index >= 15 is 0 Å². The summed E-state index contributed by atoms with van der Waals surface area (Å²) >= 11 is 0. The molecule has 1 atom stereocenters. The van der Waals surface area contributed by atoms with E-state index in [1.54, 1.807) is 0 Å². The van der Waals surface area contributed by atoms with Crippen molar-refractivity contribution in [3.8, 4) is 0 Å². The van der Waals surface area contributed by atoms with E-state index in [1.807, 2.05) is 60.7 Å². The summed E-state index contributed by atoms with van der Waals surface area (Å²) in [6.45, 7) is 5.19. The fourth-order valence-corrected chi connectivity index (χ4v) is 3.08. The van der Waals surface area contributed by atoms with Gasteiger partial charge in [0.2, 0.25) is 5.91 Å². The van der Waals surface area contributed by atoms with Gasteiger partial charge in [-0.25, -0.2) is 0 Å². The summed E-state index contributed by atoms with van der Waals surface area (Å²) < 4.78 is 0. The molecule has 0 bridgehead atoms. The third-order valence-corrected chi connectivity index (χ3v) is 4.64. The lowest BCUT2D eigenvalue weighted by Crippen LogP contribution is -2.33. The lowest BCUT2D eigenvalue weighted by molar-refractivity contribution is -0.121. The van der Waals surface area contributed by atoms with Crippen molar-refractivity contribution < 1.29 is 4.79 Å². The number of carbonyl (C=O) groups excluding carboxylic acids is 1. The Bertz CT molecular complexity index is 554. The largest absolute Gasteiger partial charge is 0.355 e. The molecule has 0 aliphatic heterocycles. The van der Waals surface area contributed by atoms with E-state index in [0.29, 0.717) is 5.92 Å². The molecule has 1 unspecified atom stereocenters. The van der Waals surface area contributed by atoms with Crippen molar-refractivity contribution in [1.29, 1.82) is 0 Å². The molecule has 2 nitrogen and oxygen atoms in total. The number of unbranched alkanes of at least 4 members (excludes halogenated alkanes) is 1. The van der Waals surface area contributed by atoms with Crippen molar-refractivity contribution >= 4 is 5.91 Å². The first-order chi connectivity index (χ1) is 11.8. The summed E-state index contributed by atoms with van der Waals surface area (Å²) in [5.74, 6) is 0.430. The zero-order chi connectivity index (χ0) is 17.2. The van der Waals surface area contributed by atoms with E-state index in [4.69, 9.17) is 0 Å². The van der Waals surface area contributed by atoms with Gasteiger partial charge < -0.3 is 5.32 Å². The third-order valence-electron chi connectivity index (χ3n) is 4.64. The Labute approximate surface area is 146 Å². The molecule has 2 aromatic rings. The minimum absolute atomic E-state index is 0.0994. The van der Waals surface area contributed by atoms with Crippen molar-refractivity contribution in [3.05, 3.63) is 71.8 Å². The standard InChI is InChI=1S/C22H29NO/c1-3-5-12-18(4-2)17-23-22(24)21(19-13-8-6-9-14-19)20-15-10-7-11-16-20/h6-11,13-16,18,21H,3-5,12,17H2,1-2H3,(H,23,24). The minimum Gasteiger partial charge on any atom is -0.355 e. The Hall–Kier alpha value is -2.09. The number of rotatable bonds is 9. The SMILES string of the molecule is CCCCC(CC)CNC(=O)C(c1ccccc1)c1ccccc1. The third kappa shape index (κ3) is 5.23. The zero-order valence-electron chi connectivity index (χ0n) is 14.9. The van der Waals surface area contributed by atoms with E-state index in [2.05, 4.69) is 19.2 Å². The van der Waals surface area contributed by atoms with Gasteiger partial charge in [0.05, 0.1) is 5.92 Å². The molecule has 0 fully saturated rings. The Balaban J connectivity index is 2.11. The highest BCUT2D eigenvalue weighted by Gasteiger charge is 2.22. The molecule has 0 spiro atoms. The Morgan fingerprint density at radius 2 is 1.46 bits per heavy atom. The van der Waals surface area contributed by atoms with Crippen molar-refractivity contribution in [2.75, 3.05) is 6.54 Å². The average Bonchev–Trinajstić information content (AvgIpc) is 2.64. The molecule has 2 rings (SSSR count). The first-order valence-electron chi connectivity index (χ1n) is 9.13. The second kappa shape index (κ2) is 9.92. The van der Waals surface area contributed by atoms with Crippen LogP contribution in [0.2, 0.25) is 0 Å². The molecule has 0 saturated carbocycles. The monoisotopic (exact) mass is 323 g/mol. The molecule has 0 aromatic heterocycles. The Morgan fingerprint density at radius 3 is 1.92 bits per heavy atom. The molecule has 0 radical (unpaired) electrons. The maximum Gasteiger partial charge on any atom is 0.232 e. The fourth-order valence-electron chi connectivity index (χ4n) is 3.08. The minimum atomic E-state index is -0.240. The molecule has 2 aromatic carbocycles. The van der Waals surface area contributed by atoms with Crippen molar-refractivity contribution in [2.45, 2.75) is 45.4 Å². The lowest BCUT2D eigenvalue weighted by atomic mass is 9.90. The van der Waals surface area contributed by atoms with Gasteiger partial charge in [-0.15, -0.1) is 0 Å². The summed E-state index contributed by atoms with van der Waals surface area (Å²) in [5.41, 5.74) is 2.09. The summed E-state index contributed by atoms with van der Waals surface area (Å²) in [5, 5.41) is 3.20. The average molecular weight is 323 g/mol. The van der Waals surface area contributed by atoms with Crippen LogP contribution in [0.25, 0.3) is 0 Å². The Morgan fingerprint density at radius 1 is 0.917 bits per heavy atom. The van der Waals surface area contributed by atoms with Crippen LogP contribution in [0, 0.1) is 5.92 Å². The number of hydrogen-bond acceptors (Lipinski definition) is 1. The second-order valence-electron chi connectivity index (χ2n) is 6.42. The van der Waals surface area contributed by atoms with Crippen LogP contribution in [0.15, 0.2) is 60.7 Å². The molecule has 24 heavy (non-hydrogen) atoms. The molecule has 0 aliphatic rings. The van der Waals surface area contributed by atoms with Crippen LogP contribution in [0.4, 0.5) is 0 Å². The number of amides is 1. The van der Waals surface area contributed by atoms with Gasteiger partial charge in [0.25, 0.3) is 0 Å². The van der Waals surface area contributed by atoms with Crippen LogP contribution in [0.3, 0.4) is 0 Å². The predicted octanol–water partition coefficient (Wildman–Crippen LogP) is 5.15. The Kier molecular flexibility index (Phi) is 7.54. The predicted molar refractivity (Wildman–Crippen MR) is 101 cm³/mol. The summed E-state index contributed by atoms with van der Waals surface area (Å²) in [7, 11) is 0. The maximum atomic E-state index is 12.9. The molecule has 1 N–H and O–H groups in total. The van der Waals surface area contributed by atoms with Gasteiger partial charge in [-0.3, -0.25) is 4.79 Å². The van der Waals surface area contributed by atoms with Gasteiger partial charge >= 0.3 is 0 Å². The number of carbonyl (C=O) groups is 1. The van der Waals surface area contributed by atoms with Gasteiger partial charge in [-0.1, -0.05) is 93.8 Å². The molecular formula is C22H29NO. The fraction of sp³-hybridized carbons (Fsp3) is 0.409. The van der Waals surface area contributed by atoms with Crippen LogP contribution in [-0.2, 0) is 4.79 Å². The summed E-state index contributed by atoms with van der Waals surface area (Å²) in [4.78, 5) is 12.9. The molecule has 1 amide bonds. The van der Waals surface area contributed by atoms with Crippen LogP contribution in [0.1, 0.15) is 56.6 Å². The van der Waals surface area contributed by atoms with E-state index in [-0.39, 0.29) is 11.8 Å². The van der Waals surface area contributed by atoms with Crippen LogP contribution < -0.4 is 5.32 Å². The van der Waals surface area contributed by atoms with Crippen LogP contribution in [0.5, 0.6) is 0 Å².